The van der Waals surface area contributed by atoms with Crippen molar-refractivity contribution in [2.24, 2.45) is 0 Å². The van der Waals surface area contributed by atoms with Gasteiger partial charge in [0.05, 0.1) is 13.2 Å². The van der Waals surface area contributed by atoms with Gasteiger partial charge in [-0.1, -0.05) is 18.6 Å². The fourth-order valence-corrected chi connectivity index (χ4v) is 2.07. The van der Waals surface area contributed by atoms with Crippen LogP contribution in [0.25, 0.3) is 0 Å². The number of aliphatic hydroxyl groups is 1. The first-order valence-electron chi connectivity index (χ1n) is 5.09. The van der Waals surface area contributed by atoms with Crippen LogP contribution in [-0.4, -0.2) is 23.7 Å². The normalized spacial score (nSPS) is 12.5. The lowest BCUT2D eigenvalue weighted by molar-refractivity contribution is 0.199. The Morgan fingerprint density at radius 3 is 2.80 bits per heavy atom. The quantitative estimate of drug-likeness (QED) is 0.837. The van der Waals surface area contributed by atoms with Crippen LogP contribution in [0.1, 0.15) is 24.2 Å². The summed E-state index contributed by atoms with van der Waals surface area (Å²) in [7, 11) is 1.63. The lowest BCUT2D eigenvalue weighted by atomic mass is 10.1. The number of ether oxygens (including phenoxy) is 1. The van der Waals surface area contributed by atoms with Gasteiger partial charge in [0.15, 0.2) is 0 Å². The van der Waals surface area contributed by atoms with Gasteiger partial charge in [0, 0.05) is 11.3 Å². The molecule has 0 radical (unpaired) electrons. The molecule has 0 saturated heterocycles. The number of aliphatic hydroxyl groups excluding tert-OH is 1. The summed E-state index contributed by atoms with van der Waals surface area (Å²) in [5.74, 6) is 2.51. The maximum atomic E-state index is 9.99. The predicted molar refractivity (Wildman–Crippen MR) is 65.7 cm³/mol. The predicted octanol–water partition coefficient (Wildman–Crippen LogP) is 2.79. The summed E-state index contributed by atoms with van der Waals surface area (Å²) < 4.78 is 5.23. The molecule has 84 valence electrons. The summed E-state index contributed by atoms with van der Waals surface area (Å²) in [5, 5.41) is 9.99. The summed E-state index contributed by atoms with van der Waals surface area (Å²) in [4.78, 5) is 0. The molecule has 0 aliphatic rings. The minimum Gasteiger partial charge on any atom is -0.496 e. The van der Waals surface area contributed by atoms with Gasteiger partial charge in [-0.25, -0.2) is 0 Å². The summed E-state index contributed by atoms with van der Waals surface area (Å²) in [5.41, 5.74) is 2.03. The zero-order valence-electron chi connectivity index (χ0n) is 9.49. The van der Waals surface area contributed by atoms with Gasteiger partial charge >= 0.3 is 0 Å². The molecule has 0 heterocycles. The van der Waals surface area contributed by atoms with E-state index >= 15 is 0 Å². The van der Waals surface area contributed by atoms with E-state index in [1.807, 2.05) is 25.1 Å². The molecule has 1 N–H and O–H groups in total. The molecule has 2 nitrogen and oxygen atoms in total. The van der Waals surface area contributed by atoms with Crippen molar-refractivity contribution in [2.75, 3.05) is 18.6 Å². The molecule has 0 spiro atoms. The van der Waals surface area contributed by atoms with E-state index in [0.29, 0.717) is 0 Å². The van der Waals surface area contributed by atoms with E-state index in [2.05, 4.69) is 6.92 Å². The monoisotopic (exact) mass is 226 g/mol. The second-order valence-electron chi connectivity index (χ2n) is 3.42. The first kappa shape index (κ1) is 12.4. The summed E-state index contributed by atoms with van der Waals surface area (Å²) in [6.45, 7) is 4.10. The van der Waals surface area contributed by atoms with Crippen LogP contribution in [0.15, 0.2) is 18.2 Å². The third-order valence-electron chi connectivity index (χ3n) is 2.22. The highest BCUT2D eigenvalue weighted by Gasteiger charge is 2.12. The van der Waals surface area contributed by atoms with E-state index in [9.17, 15) is 5.11 Å². The van der Waals surface area contributed by atoms with Crippen molar-refractivity contribution in [1.29, 1.82) is 0 Å². The van der Waals surface area contributed by atoms with Crippen LogP contribution in [0.2, 0.25) is 0 Å². The fraction of sp³-hybridized carbons (Fsp3) is 0.500. The minimum atomic E-state index is -0.440. The van der Waals surface area contributed by atoms with Crippen LogP contribution < -0.4 is 4.74 Å². The lowest BCUT2D eigenvalue weighted by Crippen LogP contribution is -2.04. The molecule has 0 saturated carbocycles. The number of rotatable bonds is 5. The molecule has 3 heteroatoms. The molecule has 1 atom stereocenters. The largest absolute Gasteiger partial charge is 0.496 e. The zero-order valence-corrected chi connectivity index (χ0v) is 10.3. The smallest absolute Gasteiger partial charge is 0.124 e. The van der Waals surface area contributed by atoms with Crippen molar-refractivity contribution in [2.45, 2.75) is 20.0 Å². The molecule has 15 heavy (non-hydrogen) atoms. The molecule has 1 aromatic rings. The molecule has 0 aliphatic heterocycles. The maximum absolute atomic E-state index is 9.99. The van der Waals surface area contributed by atoms with E-state index in [4.69, 9.17) is 4.74 Å². The van der Waals surface area contributed by atoms with Crippen LogP contribution in [0.5, 0.6) is 5.75 Å². The number of benzene rings is 1. The summed E-state index contributed by atoms with van der Waals surface area (Å²) in [6, 6.07) is 5.88. The Kier molecular flexibility index (Phi) is 4.99. The molecule has 1 aromatic carbocycles. The maximum Gasteiger partial charge on any atom is 0.124 e. The van der Waals surface area contributed by atoms with Gasteiger partial charge in [0.25, 0.3) is 0 Å². The highest BCUT2D eigenvalue weighted by atomic mass is 32.2. The Morgan fingerprint density at radius 2 is 2.20 bits per heavy atom. The van der Waals surface area contributed by atoms with Crippen molar-refractivity contribution >= 4 is 11.8 Å². The van der Waals surface area contributed by atoms with Gasteiger partial charge in [-0.3, -0.25) is 0 Å². The second kappa shape index (κ2) is 6.03. The number of hydrogen-bond acceptors (Lipinski definition) is 3. The average Bonchev–Trinajstić information content (AvgIpc) is 2.25. The Bertz CT molecular complexity index is 312. The molecule has 1 rings (SSSR count). The second-order valence-corrected chi connectivity index (χ2v) is 4.74. The van der Waals surface area contributed by atoms with E-state index < -0.39 is 6.10 Å². The molecule has 0 fully saturated rings. The van der Waals surface area contributed by atoms with Crippen molar-refractivity contribution in [3.8, 4) is 5.75 Å². The van der Waals surface area contributed by atoms with Gasteiger partial charge < -0.3 is 9.84 Å². The van der Waals surface area contributed by atoms with Crippen LogP contribution >= 0.6 is 11.8 Å². The van der Waals surface area contributed by atoms with Crippen molar-refractivity contribution in [3.63, 3.8) is 0 Å². The SMILES string of the molecule is CCSCC(O)c1cc(C)ccc1OC. The van der Waals surface area contributed by atoms with Crippen LogP contribution in [0, 0.1) is 6.92 Å². The van der Waals surface area contributed by atoms with Crippen LogP contribution in [-0.2, 0) is 0 Å². The lowest BCUT2D eigenvalue weighted by Gasteiger charge is -2.14. The van der Waals surface area contributed by atoms with E-state index in [-0.39, 0.29) is 0 Å². The van der Waals surface area contributed by atoms with E-state index in [1.165, 1.54) is 0 Å². The molecular weight excluding hydrogens is 208 g/mol. The Hall–Kier alpha value is -0.670. The van der Waals surface area contributed by atoms with Crippen LogP contribution in [0.3, 0.4) is 0 Å². The number of methoxy groups -OCH3 is 1. The van der Waals surface area contributed by atoms with Gasteiger partial charge in [-0.2, -0.15) is 11.8 Å². The first-order valence-corrected chi connectivity index (χ1v) is 6.24. The Balaban J connectivity index is 2.85. The van der Waals surface area contributed by atoms with Crippen LogP contribution in [0.4, 0.5) is 0 Å². The third-order valence-corrected chi connectivity index (χ3v) is 3.18. The minimum absolute atomic E-state index is 0.440. The standard InChI is InChI=1S/C12H18O2S/c1-4-15-8-11(13)10-7-9(2)5-6-12(10)14-3/h5-7,11,13H,4,8H2,1-3H3. The molecular formula is C12H18O2S. The molecule has 0 amide bonds. The highest BCUT2D eigenvalue weighted by Crippen LogP contribution is 2.28. The van der Waals surface area contributed by atoms with Crippen molar-refractivity contribution < 1.29 is 9.84 Å². The molecule has 0 aromatic heterocycles. The van der Waals surface area contributed by atoms with Crippen molar-refractivity contribution in [1.82, 2.24) is 0 Å². The van der Waals surface area contributed by atoms with Crippen molar-refractivity contribution in [3.05, 3.63) is 29.3 Å². The average molecular weight is 226 g/mol. The van der Waals surface area contributed by atoms with Gasteiger partial charge in [0.1, 0.15) is 5.75 Å². The molecule has 0 aliphatic carbocycles. The summed E-state index contributed by atoms with van der Waals surface area (Å²) >= 11 is 1.73. The molecule has 1 unspecified atom stereocenters. The highest BCUT2D eigenvalue weighted by molar-refractivity contribution is 7.99. The first-order chi connectivity index (χ1) is 7.19. The van der Waals surface area contributed by atoms with E-state index in [0.717, 1.165) is 28.4 Å². The topological polar surface area (TPSA) is 29.5 Å². The number of hydrogen-bond donors (Lipinski definition) is 1. The Labute approximate surface area is 95.7 Å². The van der Waals surface area contributed by atoms with Gasteiger partial charge in [-0.15, -0.1) is 0 Å². The Morgan fingerprint density at radius 1 is 1.47 bits per heavy atom. The molecule has 0 bridgehead atoms. The fourth-order valence-electron chi connectivity index (χ4n) is 1.43. The number of aryl methyl sites for hydroxylation is 1. The van der Waals surface area contributed by atoms with E-state index in [1.54, 1.807) is 18.9 Å². The van der Waals surface area contributed by atoms with Gasteiger partial charge in [0.2, 0.25) is 0 Å². The number of thioether (sulfide) groups is 1. The zero-order chi connectivity index (χ0) is 11.3. The summed E-state index contributed by atoms with van der Waals surface area (Å²) in [6.07, 6.45) is -0.440. The van der Waals surface area contributed by atoms with Gasteiger partial charge in [-0.05, 0) is 24.8 Å². The third kappa shape index (κ3) is 3.43.